The SMILES string of the molecule is COCCC(C)n1nnc(C(N)=S)c1CCC(C)C. The number of nitrogens with zero attached hydrogens (tertiary/aromatic N) is 3. The molecule has 0 saturated carbocycles. The summed E-state index contributed by atoms with van der Waals surface area (Å²) in [6.07, 6.45) is 2.86. The molecule has 2 N–H and O–H groups in total. The Hall–Kier alpha value is -1.01. The zero-order valence-corrected chi connectivity index (χ0v) is 13.0. The normalized spacial score (nSPS) is 12.9. The van der Waals surface area contributed by atoms with Gasteiger partial charge >= 0.3 is 0 Å². The van der Waals surface area contributed by atoms with Crippen molar-refractivity contribution in [2.75, 3.05) is 13.7 Å². The Kier molecular flexibility index (Phi) is 6.37. The number of hydrogen-bond acceptors (Lipinski definition) is 4. The maximum atomic E-state index is 5.73. The molecule has 1 atom stereocenters. The molecule has 1 aromatic heterocycles. The summed E-state index contributed by atoms with van der Waals surface area (Å²) in [4.78, 5) is 0.323. The molecule has 0 radical (unpaired) electrons. The number of ether oxygens (including phenoxy) is 1. The summed E-state index contributed by atoms with van der Waals surface area (Å²) in [6.45, 7) is 7.20. The molecule has 0 aromatic carbocycles. The van der Waals surface area contributed by atoms with E-state index < -0.39 is 0 Å². The summed E-state index contributed by atoms with van der Waals surface area (Å²) in [5.74, 6) is 0.622. The van der Waals surface area contributed by atoms with Crippen LogP contribution in [0.4, 0.5) is 0 Å². The molecule has 0 amide bonds. The lowest BCUT2D eigenvalue weighted by molar-refractivity contribution is 0.177. The van der Waals surface area contributed by atoms with Crippen LogP contribution in [0.5, 0.6) is 0 Å². The molecule has 1 unspecified atom stereocenters. The number of nitrogens with two attached hydrogens (primary N) is 1. The van der Waals surface area contributed by atoms with E-state index in [1.54, 1.807) is 7.11 Å². The third-order valence-electron chi connectivity index (χ3n) is 3.14. The van der Waals surface area contributed by atoms with E-state index >= 15 is 0 Å². The first-order valence-electron chi connectivity index (χ1n) is 6.70. The lowest BCUT2D eigenvalue weighted by atomic mass is 10.0. The standard InChI is InChI=1S/C13H24N4OS/c1-9(2)5-6-11-12(13(14)19)15-16-17(11)10(3)7-8-18-4/h9-10H,5-8H2,1-4H3,(H2,14,19). The summed E-state index contributed by atoms with van der Waals surface area (Å²) in [5.41, 5.74) is 7.44. The van der Waals surface area contributed by atoms with Crippen molar-refractivity contribution in [3.63, 3.8) is 0 Å². The van der Waals surface area contributed by atoms with E-state index in [4.69, 9.17) is 22.7 Å². The maximum Gasteiger partial charge on any atom is 0.143 e. The first-order chi connectivity index (χ1) is 8.97. The Balaban J connectivity index is 2.93. The summed E-state index contributed by atoms with van der Waals surface area (Å²) in [7, 11) is 1.70. The summed E-state index contributed by atoms with van der Waals surface area (Å²) >= 11 is 5.05. The maximum absolute atomic E-state index is 5.73. The number of thiocarbonyl (C=S) groups is 1. The molecule has 5 nitrogen and oxygen atoms in total. The van der Waals surface area contributed by atoms with Crippen molar-refractivity contribution in [2.45, 2.75) is 46.1 Å². The van der Waals surface area contributed by atoms with Gasteiger partial charge in [0, 0.05) is 13.7 Å². The molecule has 19 heavy (non-hydrogen) atoms. The van der Waals surface area contributed by atoms with Crippen LogP contribution >= 0.6 is 12.2 Å². The second kappa shape index (κ2) is 7.55. The molecule has 0 bridgehead atoms. The van der Waals surface area contributed by atoms with E-state index in [2.05, 4.69) is 31.1 Å². The number of hydrogen-bond donors (Lipinski definition) is 1. The molecule has 0 aliphatic rings. The highest BCUT2D eigenvalue weighted by Gasteiger charge is 2.18. The van der Waals surface area contributed by atoms with Crippen LogP contribution in [0.15, 0.2) is 0 Å². The quantitative estimate of drug-likeness (QED) is 0.741. The predicted octanol–water partition coefficient (Wildman–Crippen LogP) is 2.10. The Bertz CT molecular complexity index is 417. The molecule has 0 aliphatic heterocycles. The Labute approximate surface area is 120 Å². The molecule has 0 fully saturated rings. The topological polar surface area (TPSA) is 66.0 Å². The largest absolute Gasteiger partial charge is 0.388 e. The van der Waals surface area contributed by atoms with Crippen molar-refractivity contribution in [1.82, 2.24) is 15.0 Å². The van der Waals surface area contributed by atoms with Crippen molar-refractivity contribution in [3.8, 4) is 0 Å². The average Bonchev–Trinajstić information content (AvgIpc) is 2.77. The third kappa shape index (κ3) is 4.54. The Morgan fingerprint density at radius 2 is 2.05 bits per heavy atom. The lowest BCUT2D eigenvalue weighted by Gasteiger charge is -2.15. The first-order valence-corrected chi connectivity index (χ1v) is 7.11. The van der Waals surface area contributed by atoms with Gasteiger partial charge in [-0.05, 0) is 32.1 Å². The zero-order valence-electron chi connectivity index (χ0n) is 12.2. The van der Waals surface area contributed by atoms with Gasteiger partial charge in [0.1, 0.15) is 10.7 Å². The predicted molar refractivity (Wildman–Crippen MR) is 80.3 cm³/mol. The summed E-state index contributed by atoms with van der Waals surface area (Å²) in [6, 6.07) is 0.234. The van der Waals surface area contributed by atoms with Gasteiger partial charge in [-0.2, -0.15) is 0 Å². The van der Waals surface area contributed by atoms with Crippen LogP contribution < -0.4 is 5.73 Å². The van der Waals surface area contributed by atoms with Gasteiger partial charge in [0.15, 0.2) is 0 Å². The molecule has 0 aliphatic carbocycles. The van der Waals surface area contributed by atoms with Crippen molar-refractivity contribution >= 4 is 17.2 Å². The van der Waals surface area contributed by atoms with E-state index in [0.717, 1.165) is 25.0 Å². The molecule has 1 rings (SSSR count). The molecular weight excluding hydrogens is 260 g/mol. The fraction of sp³-hybridized carbons (Fsp3) is 0.769. The molecule has 6 heteroatoms. The monoisotopic (exact) mass is 284 g/mol. The van der Waals surface area contributed by atoms with Gasteiger partial charge in [0.2, 0.25) is 0 Å². The van der Waals surface area contributed by atoms with Crippen molar-refractivity contribution in [2.24, 2.45) is 11.7 Å². The molecule has 108 valence electrons. The van der Waals surface area contributed by atoms with Crippen LogP contribution in [0.25, 0.3) is 0 Å². The van der Waals surface area contributed by atoms with E-state index in [1.807, 2.05) is 4.68 Å². The van der Waals surface area contributed by atoms with Gasteiger partial charge in [-0.25, -0.2) is 4.68 Å². The van der Waals surface area contributed by atoms with E-state index in [1.165, 1.54) is 0 Å². The fourth-order valence-electron chi connectivity index (χ4n) is 1.93. The molecule has 0 saturated heterocycles. The molecule has 0 spiro atoms. The van der Waals surface area contributed by atoms with E-state index in [-0.39, 0.29) is 6.04 Å². The minimum absolute atomic E-state index is 0.234. The van der Waals surface area contributed by atoms with Crippen LogP contribution in [0.1, 0.15) is 51.0 Å². The van der Waals surface area contributed by atoms with Crippen LogP contribution in [0.2, 0.25) is 0 Å². The van der Waals surface area contributed by atoms with Crippen LogP contribution in [0.3, 0.4) is 0 Å². The molecule has 1 aromatic rings. The smallest absolute Gasteiger partial charge is 0.143 e. The molecular formula is C13H24N4OS. The Morgan fingerprint density at radius 3 is 2.58 bits per heavy atom. The third-order valence-corrected chi connectivity index (χ3v) is 3.33. The highest BCUT2D eigenvalue weighted by molar-refractivity contribution is 7.80. The van der Waals surface area contributed by atoms with Crippen LogP contribution in [0, 0.1) is 5.92 Å². The fourth-order valence-corrected chi connectivity index (χ4v) is 2.09. The Morgan fingerprint density at radius 1 is 1.37 bits per heavy atom. The van der Waals surface area contributed by atoms with Crippen molar-refractivity contribution < 1.29 is 4.74 Å². The summed E-state index contributed by atoms with van der Waals surface area (Å²) in [5, 5.41) is 8.34. The van der Waals surface area contributed by atoms with Crippen LogP contribution in [-0.2, 0) is 11.2 Å². The van der Waals surface area contributed by atoms with E-state index in [9.17, 15) is 0 Å². The minimum Gasteiger partial charge on any atom is -0.388 e. The van der Waals surface area contributed by atoms with Gasteiger partial charge in [-0.15, -0.1) is 5.10 Å². The van der Waals surface area contributed by atoms with Crippen LogP contribution in [-0.4, -0.2) is 33.7 Å². The summed E-state index contributed by atoms with van der Waals surface area (Å²) < 4.78 is 7.05. The first kappa shape index (κ1) is 16.0. The second-order valence-corrected chi connectivity index (χ2v) is 5.70. The van der Waals surface area contributed by atoms with Gasteiger partial charge in [0.05, 0.1) is 11.7 Å². The van der Waals surface area contributed by atoms with Gasteiger partial charge in [-0.3, -0.25) is 0 Å². The van der Waals surface area contributed by atoms with Crippen molar-refractivity contribution in [1.29, 1.82) is 0 Å². The number of rotatable bonds is 8. The molecule has 1 heterocycles. The number of methoxy groups -OCH3 is 1. The van der Waals surface area contributed by atoms with Gasteiger partial charge < -0.3 is 10.5 Å². The van der Waals surface area contributed by atoms with Crippen molar-refractivity contribution in [3.05, 3.63) is 11.4 Å². The lowest BCUT2D eigenvalue weighted by Crippen LogP contribution is -2.17. The van der Waals surface area contributed by atoms with E-state index in [0.29, 0.717) is 23.2 Å². The van der Waals surface area contributed by atoms with Gasteiger partial charge in [0.25, 0.3) is 0 Å². The average molecular weight is 284 g/mol. The zero-order chi connectivity index (χ0) is 14.4. The second-order valence-electron chi connectivity index (χ2n) is 5.26. The minimum atomic E-state index is 0.234. The van der Waals surface area contributed by atoms with Gasteiger partial charge in [-0.1, -0.05) is 31.3 Å². The highest BCUT2D eigenvalue weighted by Crippen LogP contribution is 2.18. The highest BCUT2D eigenvalue weighted by atomic mass is 32.1. The number of aromatic nitrogens is 3.